The number of carboxylic acid groups (broad SMARTS) is 1. The molecule has 134 heavy (non-hydrogen) atoms. The van der Waals surface area contributed by atoms with Crippen molar-refractivity contribution in [1.82, 2.24) is 19.4 Å². The molecule has 3 amide bonds. The van der Waals surface area contributed by atoms with Gasteiger partial charge in [-0.05, 0) is 159 Å². The van der Waals surface area contributed by atoms with Crippen LogP contribution < -0.4 is 36.8 Å². The van der Waals surface area contributed by atoms with Gasteiger partial charge in [-0.3, -0.25) is 52.1 Å². The summed E-state index contributed by atoms with van der Waals surface area (Å²) in [5, 5.41) is 12.1. The third-order valence-electron chi connectivity index (χ3n) is 25.1. The van der Waals surface area contributed by atoms with Crippen LogP contribution in [0.1, 0.15) is 182 Å². The number of carbonyl (C=O) groups excluding carboxylic acids is 5. The number of hydrogen-bond donors (Lipinski definition) is 4. The highest BCUT2D eigenvalue weighted by molar-refractivity contribution is 8.00. The number of anilines is 2. The number of fused-ring (bicyclic) bond motifs is 2. The lowest BCUT2D eigenvalue weighted by Crippen LogP contribution is -2.44. The SMILES string of the molecule is CCCCCN1c2ccc(C)cc2C(C)(C)C1/C=C/C1=C(Oc2ccc(CCC(=O)NCCN3C(=O)CC(SCC(CC(=O)CCOCCOCCOCCOCCOCCOCCCC(=O)CCc4cccc(-c5c(C)n(Cc6c(F)cccc6F)c(=O)n(C[C@H](N)c6ccccc6)c5=O)c4)C(=O)O)C3=O)cc2)C(=C/C=C2/N(CCCCS(=O)(=O)O)c3ccccc3C2(C)C)/CCC1. The Labute approximate surface area is 789 Å². The third-order valence-corrected chi connectivity index (χ3v) is 27.3. The van der Waals surface area contributed by atoms with Gasteiger partial charge in [-0.1, -0.05) is 174 Å². The van der Waals surface area contributed by atoms with Crippen molar-refractivity contribution >= 4 is 68.5 Å². The molecule has 3 aliphatic heterocycles. The Bertz CT molecular complexity index is 5540. The van der Waals surface area contributed by atoms with E-state index in [-0.39, 0.29) is 134 Å². The zero-order valence-electron chi connectivity index (χ0n) is 78.3. The Morgan fingerprint density at radius 2 is 1.29 bits per heavy atom. The second kappa shape index (κ2) is 51.0. The summed E-state index contributed by atoms with van der Waals surface area (Å²) in [6.07, 6.45) is 17.3. The van der Waals surface area contributed by atoms with E-state index in [0.29, 0.717) is 121 Å². The van der Waals surface area contributed by atoms with Crippen LogP contribution in [-0.2, 0) is 104 Å². The minimum absolute atomic E-state index is 0.0210. The predicted octanol–water partition coefficient (Wildman–Crippen LogP) is 15.4. The number of nitrogens with two attached hydrogens (primary N) is 1. The molecule has 1 aliphatic carbocycles. The molecule has 0 spiro atoms. The Balaban J connectivity index is 0.530. The summed E-state index contributed by atoms with van der Waals surface area (Å²) in [5.41, 5.74) is 16.8. The average molecular weight is 1890 g/mol. The van der Waals surface area contributed by atoms with Crippen molar-refractivity contribution < 1.29 is 88.8 Å². The fourth-order valence-corrected chi connectivity index (χ4v) is 19.5. The highest BCUT2D eigenvalue weighted by atomic mass is 32.2. The summed E-state index contributed by atoms with van der Waals surface area (Å²) < 4.78 is 106. The molecule has 0 radical (unpaired) electrons. The number of allylic oxidation sites excluding steroid dienone is 6. The van der Waals surface area contributed by atoms with Crippen molar-refractivity contribution in [2.75, 3.05) is 127 Å². The lowest BCUT2D eigenvalue weighted by atomic mass is 9.79. The Hall–Kier alpha value is -10.4. The predicted molar refractivity (Wildman–Crippen MR) is 516 cm³/mol. The van der Waals surface area contributed by atoms with E-state index >= 15 is 0 Å². The van der Waals surface area contributed by atoms with Gasteiger partial charge >= 0.3 is 11.7 Å². The number of ketones is 2. The molecule has 3 unspecified atom stereocenters. The van der Waals surface area contributed by atoms with E-state index in [2.05, 4.69) is 111 Å². The number of aliphatic carboxylic acids is 1. The Morgan fingerprint density at radius 3 is 1.97 bits per heavy atom. The van der Waals surface area contributed by atoms with Crippen LogP contribution in [-0.4, -0.2) is 196 Å². The first kappa shape index (κ1) is 104. The molecule has 1 fully saturated rings. The van der Waals surface area contributed by atoms with Gasteiger partial charge in [0.2, 0.25) is 17.7 Å². The van der Waals surface area contributed by atoms with Crippen LogP contribution >= 0.6 is 11.8 Å². The van der Waals surface area contributed by atoms with Crippen molar-refractivity contribution in [3.05, 3.63) is 264 Å². The van der Waals surface area contributed by atoms with Crippen molar-refractivity contribution in [1.29, 1.82) is 0 Å². The number of carboxylic acids is 1. The van der Waals surface area contributed by atoms with Gasteiger partial charge < -0.3 is 59.1 Å². The van der Waals surface area contributed by atoms with E-state index in [0.717, 1.165) is 118 Å². The molecule has 30 heteroatoms. The molecule has 7 aromatic rings. The number of aromatic nitrogens is 2. The zero-order valence-corrected chi connectivity index (χ0v) is 79.9. The van der Waals surface area contributed by atoms with E-state index in [9.17, 15) is 65.2 Å². The van der Waals surface area contributed by atoms with Crippen molar-refractivity contribution in [2.24, 2.45) is 11.7 Å². The first-order chi connectivity index (χ1) is 64.4. The normalized spacial score (nSPS) is 16.9. The van der Waals surface area contributed by atoms with Crippen LogP contribution in [0.3, 0.4) is 0 Å². The van der Waals surface area contributed by atoms with Gasteiger partial charge in [0.05, 0.1) is 114 Å². The number of rotatable bonds is 57. The quantitative estimate of drug-likeness (QED) is 0.0156. The first-order valence-corrected chi connectivity index (χ1v) is 49.5. The number of hydrogen-bond acceptors (Lipinski definition) is 21. The fraction of sp³-hybridized carbons (Fsp3) is 0.481. The molecule has 5 N–H and O–H groups in total. The number of amides is 3. The molecule has 0 bridgehead atoms. The number of benzene rings is 6. The lowest BCUT2D eigenvalue weighted by molar-refractivity contribution is -0.143. The Morgan fingerprint density at radius 1 is 0.642 bits per heavy atom. The molecule has 0 saturated carbocycles. The fourth-order valence-electron chi connectivity index (χ4n) is 17.6. The smallest absolute Gasteiger partial charge is 0.331 e. The third kappa shape index (κ3) is 29.3. The van der Waals surface area contributed by atoms with Gasteiger partial charge in [0.15, 0.2) is 0 Å². The molecular weight excluding hydrogens is 1750 g/mol. The number of imide groups is 1. The van der Waals surface area contributed by atoms with Gasteiger partial charge in [-0.25, -0.2) is 13.6 Å². The van der Waals surface area contributed by atoms with Crippen LogP contribution in [0.25, 0.3) is 11.1 Å². The summed E-state index contributed by atoms with van der Waals surface area (Å²) in [6.45, 7) is 19.4. The van der Waals surface area contributed by atoms with E-state index in [4.69, 9.17) is 38.9 Å². The van der Waals surface area contributed by atoms with Gasteiger partial charge in [0.1, 0.15) is 34.7 Å². The van der Waals surface area contributed by atoms with Gasteiger partial charge in [0.25, 0.3) is 15.7 Å². The second-order valence-corrected chi connectivity index (χ2v) is 38.5. The highest BCUT2D eigenvalue weighted by Crippen LogP contribution is 2.50. The average Bonchev–Trinajstić information content (AvgIpc) is 1.31. The topological polar surface area (TPSA) is 333 Å². The maximum absolute atomic E-state index is 15.0. The molecule has 4 atom stereocenters. The molecule has 1 saturated heterocycles. The minimum Gasteiger partial charge on any atom is -0.481 e. The summed E-state index contributed by atoms with van der Waals surface area (Å²) in [5.74, 6) is -4.35. The molecular formula is C104H131F2N7O19S2. The number of unbranched alkanes of at least 4 members (excludes halogenated alkanes) is 3. The largest absolute Gasteiger partial charge is 0.481 e. The highest BCUT2D eigenvalue weighted by Gasteiger charge is 2.45. The monoisotopic (exact) mass is 1880 g/mol. The lowest BCUT2D eigenvalue weighted by Gasteiger charge is -2.33. The molecule has 26 nitrogen and oxygen atoms in total. The van der Waals surface area contributed by atoms with Crippen LogP contribution in [0.5, 0.6) is 5.75 Å². The van der Waals surface area contributed by atoms with Crippen molar-refractivity contribution in [3.63, 3.8) is 0 Å². The van der Waals surface area contributed by atoms with Gasteiger partial charge in [-0.15, -0.1) is 11.8 Å². The number of thioether (sulfide) groups is 1. The maximum atomic E-state index is 15.0. The van der Waals surface area contributed by atoms with Crippen LogP contribution in [0, 0.1) is 31.4 Å². The summed E-state index contributed by atoms with van der Waals surface area (Å²) in [6, 6.07) is 41.8. The van der Waals surface area contributed by atoms with Crippen molar-refractivity contribution in [2.45, 2.75) is 199 Å². The summed E-state index contributed by atoms with van der Waals surface area (Å²) in [7, 11) is -4.10. The molecule has 11 rings (SSSR count). The van der Waals surface area contributed by atoms with Gasteiger partial charge in [-0.2, -0.15) is 8.42 Å². The number of nitrogens with one attached hydrogen (secondary N) is 1. The number of halogens is 2. The minimum atomic E-state index is -4.10. The number of likely N-dealkylation sites (tertiary alicyclic amines) is 1. The molecule has 4 aliphatic rings. The van der Waals surface area contributed by atoms with Crippen LogP contribution in [0.2, 0.25) is 0 Å². The number of Topliss-reactive ketones (excluding diaryl/α,β-unsaturated/α-hetero) is 2. The van der Waals surface area contributed by atoms with E-state index in [1.807, 2.05) is 48.5 Å². The maximum Gasteiger partial charge on any atom is 0.331 e. The van der Waals surface area contributed by atoms with Crippen LogP contribution in [0.15, 0.2) is 196 Å². The van der Waals surface area contributed by atoms with Crippen molar-refractivity contribution in [3.8, 4) is 16.9 Å². The standard InChI is InChI=1S/C104H131F2N7O19S2/c1-8-9-15-49-110-91-43-33-72(2)65-86(91)104(6,7)94(110)45-39-78-26-19-25-77(38-44-93-103(4,5)85-29-13-14-32-90(85)109(93)50-16-17-64-134(123,124)125)98(78)132-83-41-35-74(36-42-83)37-46-95(116)108-48-51-111-96(117)68-92(99(111)118)133-71-80(101(120)121)67-82(115)47-53-127-55-57-129-59-61-131-63-62-130-60-58-128-56-54-126-52-21-28-81(114)40-34-75-22-18-27-79(66-75)97-73(3)112(69-84-87(105)30-20-31-88(84)106)102(122)113(100(97)119)70-89(107)76-23-11-10-12-24-76/h10-14,18,20,22-24,27,29-33,35-36,38-39,41-45,65-66,80,89,92,94H,8-9,15-17,19,21,25-26,28,34,37,40,46-64,67-71,107H2,1-7H3,(H,108,116)(H,120,121)(H,123,124,125)/b45-39+,77-38+,93-44+/t80?,89-,92?,94?/m0/s1. The molecule has 722 valence electrons. The molecule has 1 aromatic heterocycles. The number of carbonyl (C=O) groups is 6. The van der Waals surface area contributed by atoms with E-state index in [1.54, 1.807) is 49.4 Å². The number of para-hydroxylation sites is 1. The number of ether oxygens (including phenoxy) is 7. The Kier molecular flexibility index (Phi) is 39.6. The molecule has 4 heterocycles. The van der Waals surface area contributed by atoms with Crippen LogP contribution in [0.4, 0.5) is 20.2 Å². The number of nitrogens with zero attached hydrogens (tertiary/aromatic N) is 5. The summed E-state index contributed by atoms with van der Waals surface area (Å²) >= 11 is 1.03. The molecule has 6 aromatic carbocycles. The summed E-state index contributed by atoms with van der Waals surface area (Å²) in [4.78, 5) is 112. The van der Waals surface area contributed by atoms with Gasteiger partial charge in [0, 0.05) is 122 Å². The zero-order chi connectivity index (χ0) is 95.9. The first-order valence-electron chi connectivity index (χ1n) is 46.8. The van der Waals surface area contributed by atoms with E-state index in [1.165, 1.54) is 33.0 Å². The van der Waals surface area contributed by atoms with E-state index < -0.39 is 74.5 Å². The number of aryl methyl sites for hydroxylation is 3. The second-order valence-electron chi connectivity index (χ2n) is 35.7.